The summed E-state index contributed by atoms with van der Waals surface area (Å²) in [6.07, 6.45) is -0.587. The summed E-state index contributed by atoms with van der Waals surface area (Å²) in [4.78, 5) is 0. The quantitative estimate of drug-likeness (QED) is 0.808. The SMILES string of the molecule is OC(CNc1cccc(Cl)c1)COCc1ccc(Cl)cc1. The van der Waals surface area contributed by atoms with Gasteiger partial charge < -0.3 is 15.2 Å². The van der Waals surface area contributed by atoms with Crippen LogP contribution in [0.4, 0.5) is 5.69 Å². The fourth-order valence-corrected chi connectivity index (χ4v) is 2.10. The zero-order valence-electron chi connectivity index (χ0n) is 11.4. The highest BCUT2D eigenvalue weighted by atomic mass is 35.5. The highest BCUT2D eigenvalue weighted by Crippen LogP contribution is 2.15. The van der Waals surface area contributed by atoms with Crippen LogP contribution in [0.1, 0.15) is 5.56 Å². The Morgan fingerprint density at radius 1 is 1.05 bits per heavy atom. The van der Waals surface area contributed by atoms with Gasteiger partial charge in [-0.05, 0) is 35.9 Å². The predicted octanol–water partition coefficient (Wildman–Crippen LogP) is 3.98. The van der Waals surface area contributed by atoms with Crippen LogP contribution in [0.3, 0.4) is 0 Å². The number of aliphatic hydroxyl groups excluding tert-OH is 1. The molecule has 0 aliphatic rings. The lowest BCUT2D eigenvalue weighted by Crippen LogP contribution is -2.24. The topological polar surface area (TPSA) is 41.5 Å². The van der Waals surface area contributed by atoms with E-state index in [9.17, 15) is 5.11 Å². The summed E-state index contributed by atoms with van der Waals surface area (Å²) in [6, 6.07) is 14.8. The Labute approximate surface area is 134 Å². The Morgan fingerprint density at radius 3 is 2.52 bits per heavy atom. The van der Waals surface area contributed by atoms with E-state index in [1.165, 1.54) is 0 Å². The lowest BCUT2D eigenvalue weighted by Gasteiger charge is -2.13. The third-order valence-electron chi connectivity index (χ3n) is 2.86. The molecular formula is C16H17Cl2NO2. The second-order valence-electron chi connectivity index (χ2n) is 4.69. The number of aliphatic hydroxyl groups is 1. The van der Waals surface area contributed by atoms with Gasteiger partial charge in [0.25, 0.3) is 0 Å². The lowest BCUT2D eigenvalue weighted by molar-refractivity contribution is 0.0348. The molecule has 112 valence electrons. The molecule has 0 fully saturated rings. The van der Waals surface area contributed by atoms with Crippen molar-refractivity contribution in [2.75, 3.05) is 18.5 Å². The minimum Gasteiger partial charge on any atom is -0.389 e. The van der Waals surface area contributed by atoms with Gasteiger partial charge >= 0.3 is 0 Å². The molecule has 0 amide bonds. The van der Waals surface area contributed by atoms with E-state index in [0.29, 0.717) is 23.2 Å². The highest BCUT2D eigenvalue weighted by Gasteiger charge is 2.05. The summed E-state index contributed by atoms with van der Waals surface area (Å²) in [5.74, 6) is 0. The molecule has 5 heteroatoms. The monoisotopic (exact) mass is 325 g/mol. The van der Waals surface area contributed by atoms with Gasteiger partial charge in [-0.15, -0.1) is 0 Å². The van der Waals surface area contributed by atoms with Crippen LogP contribution in [-0.4, -0.2) is 24.4 Å². The van der Waals surface area contributed by atoms with E-state index in [1.807, 2.05) is 42.5 Å². The average Bonchev–Trinajstić information content (AvgIpc) is 2.47. The van der Waals surface area contributed by atoms with E-state index in [1.54, 1.807) is 6.07 Å². The van der Waals surface area contributed by atoms with Gasteiger partial charge in [0, 0.05) is 22.3 Å². The summed E-state index contributed by atoms with van der Waals surface area (Å²) in [5, 5.41) is 14.3. The number of benzene rings is 2. The molecule has 0 aliphatic carbocycles. The second kappa shape index (κ2) is 8.25. The first-order valence-electron chi connectivity index (χ1n) is 6.63. The molecule has 2 rings (SSSR count). The van der Waals surface area contributed by atoms with Gasteiger partial charge in [0.15, 0.2) is 0 Å². The minimum atomic E-state index is -0.587. The molecule has 0 radical (unpaired) electrons. The lowest BCUT2D eigenvalue weighted by atomic mass is 10.2. The molecule has 0 aliphatic heterocycles. The fourth-order valence-electron chi connectivity index (χ4n) is 1.79. The van der Waals surface area contributed by atoms with Crippen LogP contribution in [0.2, 0.25) is 10.0 Å². The highest BCUT2D eigenvalue weighted by molar-refractivity contribution is 6.31. The standard InChI is InChI=1S/C16H17Cl2NO2/c17-13-6-4-12(5-7-13)10-21-11-16(20)9-19-15-3-1-2-14(18)8-15/h1-8,16,19-20H,9-11H2. The van der Waals surface area contributed by atoms with E-state index in [4.69, 9.17) is 27.9 Å². The summed E-state index contributed by atoms with van der Waals surface area (Å²) in [6.45, 7) is 1.11. The van der Waals surface area contributed by atoms with Crippen molar-refractivity contribution < 1.29 is 9.84 Å². The van der Waals surface area contributed by atoms with Crippen LogP contribution in [0.25, 0.3) is 0 Å². The van der Waals surface area contributed by atoms with E-state index < -0.39 is 6.10 Å². The number of anilines is 1. The molecule has 1 atom stereocenters. The molecule has 0 spiro atoms. The van der Waals surface area contributed by atoms with Gasteiger partial charge in [-0.25, -0.2) is 0 Å². The number of hydrogen-bond acceptors (Lipinski definition) is 3. The van der Waals surface area contributed by atoms with Crippen LogP contribution in [-0.2, 0) is 11.3 Å². The van der Waals surface area contributed by atoms with Crippen LogP contribution in [0, 0.1) is 0 Å². The first-order chi connectivity index (χ1) is 10.1. The first-order valence-corrected chi connectivity index (χ1v) is 7.39. The summed E-state index contributed by atoms with van der Waals surface area (Å²) < 4.78 is 5.47. The zero-order valence-corrected chi connectivity index (χ0v) is 12.9. The van der Waals surface area contributed by atoms with E-state index in [0.717, 1.165) is 11.3 Å². The largest absolute Gasteiger partial charge is 0.389 e. The van der Waals surface area contributed by atoms with Crippen LogP contribution in [0.5, 0.6) is 0 Å². The van der Waals surface area contributed by atoms with Crippen molar-refractivity contribution in [3.8, 4) is 0 Å². The fraction of sp³-hybridized carbons (Fsp3) is 0.250. The minimum absolute atomic E-state index is 0.260. The molecule has 0 heterocycles. The van der Waals surface area contributed by atoms with Crippen molar-refractivity contribution >= 4 is 28.9 Å². The average molecular weight is 326 g/mol. The van der Waals surface area contributed by atoms with Crippen molar-refractivity contribution in [3.05, 3.63) is 64.1 Å². The molecule has 2 N–H and O–H groups in total. The second-order valence-corrected chi connectivity index (χ2v) is 5.56. The molecule has 3 nitrogen and oxygen atoms in total. The maximum Gasteiger partial charge on any atom is 0.0945 e. The van der Waals surface area contributed by atoms with Crippen molar-refractivity contribution in [1.29, 1.82) is 0 Å². The number of ether oxygens (including phenoxy) is 1. The third-order valence-corrected chi connectivity index (χ3v) is 3.35. The van der Waals surface area contributed by atoms with Gasteiger partial charge in [-0.1, -0.05) is 41.4 Å². The summed E-state index contributed by atoms with van der Waals surface area (Å²) >= 11 is 11.7. The van der Waals surface area contributed by atoms with Crippen LogP contribution in [0.15, 0.2) is 48.5 Å². The molecule has 0 saturated carbocycles. The molecule has 0 saturated heterocycles. The Kier molecular flexibility index (Phi) is 6.33. The Balaban J connectivity index is 1.67. The third kappa shape index (κ3) is 5.94. The first kappa shape index (κ1) is 16.1. The molecule has 21 heavy (non-hydrogen) atoms. The van der Waals surface area contributed by atoms with E-state index >= 15 is 0 Å². The normalized spacial score (nSPS) is 12.1. The summed E-state index contributed by atoms with van der Waals surface area (Å²) in [7, 11) is 0. The molecule has 0 aromatic heterocycles. The van der Waals surface area contributed by atoms with Crippen molar-refractivity contribution in [2.24, 2.45) is 0 Å². The van der Waals surface area contributed by atoms with E-state index in [2.05, 4.69) is 5.32 Å². The number of nitrogens with one attached hydrogen (secondary N) is 1. The number of hydrogen-bond donors (Lipinski definition) is 2. The van der Waals surface area contributed by atoms with Crippen LogP contribution < -0.4 is 5.32 Å². The summed E-state index contributed by atoms with van der Waals surface area (Å²) in [5.41, 5.74) is 1.90. The van der Waals surface area contributed by atoms with Gasteiger partial charge in [-0.2, -0.15) is 0 Å². The molecular weight excluding hydrogens is 309 g/mol. The maximum atomic E-state index is 9.86. The van der Waals surface area contributed by atoms with Gasteiger partial charge in [0.2, 0.25) is 0 Å². The van der Waals surface area contributed by atoms with Gasteiger partial charge in [0.05, 0.1) is 19.3 Å². The van der Waals surface area contributed by atoms with Crippen molar-refractivity contribution in [2.45, 2.75) is 12.7 Å². The Hall–Kier alpha value is -1.26. The van der Waals surface area contributed by atoms with Crippen molar-refractivity contribution in [3.63, 3.8) is 0 Å². The predicted molar refractivity (Wildman–Crippen MR) is 87.1 cm³/mol. The smallest absolute Gasteiger partial charge is 0.0945 e. The van der Waals surface area contributed by atoms with Gasteiger partial charge in [-0.3, -0.25) is 0 Å². The number of rotatable bonds is 7. The Morgan fingerprint density at radius 2 is 1.81 bits per heavy atom. The number of halogens is 2. The van der Waals surface area contributed by atoms with Crippen molar-refractivity contribution in [1.82, 2.24) is 0 Å². The molecule has 2 aromatic carbocycles. The van der Waals surface area contributed by atoms with Crippen LogP contribution >= 0.6 is 23.2 Å². The Bertz CT molecular complexity index is 560. The zero-order chi connectivity index (χ0) is 15.1. The molecule has 2 aromatic rings. The molecule has 1 unspecified atom stereocenters. The van der Waals surface area contributed by atoms with Gasteiger partial charge in [0.1, 0.15) is 0 Å². The van der Waals surface area contributed by atoms with E-state index in [-0.39, 0.29) is 6.61 Å². The molecule has 0 bridgehead atoms. The maximum absolute atomic E-state index is 9.86.